The number of halogens is 1. The zero-order chi connectivity index (χ0) is 12.7. The predicted molar refractivity (Wildman–Crippen MR) is 78.8 cm³/mol. The van der Waals surface area contributed by atoms with Crippen LogP contribution in [-0.2, 0) is 0 Å². The average molecular weight is 302 g/mol. The maximum atomic E-state index is 12.4. The summed E-state index contributed by atoms with van der Waals surface area (Å²) in [4.78, 5) is 19.3. The fraction of sp³-hybridized carbons (Fsp3) is 0.692. The topological polar surface area (TPSA) is 59.2 Å². The summed E-state index contributed by atoms with van der Waals surface area (Å²) >= 11 is 1.48. The van der Waals surface area contributed by atoms with Gasteiger partial charge in [-0.15, -0.1) is 23.7 Å². The fourth-order valence-electron chi connectivity index (χ4n) is 3.30. The molecule has 3 unspecified atom stereocenters. The summed E-state index contributed by atoms with van der Waals surface area (Å²) in [7, 11) is 0. The molecule has 0 radical (unpaired) electrons. The smallest absolute Gasteiger partial charge is 0.265 e. The number of amides is 1. The first kappa shape index (κ1) is 14.8. The summed E-state index contributed by atoms with van der Waals surface area (Å²) in [6.45, 7) is 3.65. The number of likely N-dealkylation sites (tertiary alicyclic amines) is 1. The molecule has 1 saturated heterocycles. The number of carbonyl (C=O) groups is 1. The molecule has 106 valence electrons. The molecule has 1 aromatic rings. The Morgan fingerprint density at radius 3 is 2.89 bits per heavy atom. The van der Waals surface area contributed by atoms with Crippen LogP contribution in [0.15, 0.2) is 6.20 Å². The van der Waals surface area contributed by atoms with Crippen LogP contribution in [0.2, 0.25) is 0 Å². The number of rotatable bonds is 1. The van der Waals surface area contributed by atoms with Crippen LogP contribution in [0.5, 0.6) is 0 Å². The van der Waals surface area contributed by atoms with Crippen LogP contribution in [0.25, 0.3) is 0 Å². The third-order valence-corrected chi connectivity index (χ3v) is 5.17. The number of aromatic nitrogens is 1. The fourth-order valence-corrected chi connectivity index (χ4v) is 4.04. The van der Waals surface area contributed by atoms with Crippen molar-refractivity contribution < 1.29 is 4.79 Å². The van der Waals surface area contributed by atoms with Crippen molar-refractivity contribution in [2.75, 3.05) is 13.1 Å². The number of nitrogens with two attached hydrogens (primary N) is 1. The highest BCUT2D eigenvalue weighted by Gasteiger charge is 2.40. The predicted octanol–water partition coefficient (Wildman–Crippen LogP) is 2.07. The van der Waals surface area contributed by atoms with Gasteiger partial charge in [0.15, 0.2) is 0 Å². The van der Waals surface area contributed by atoms with Crippen LogP contribution in [0, 0.1) is 18.8 Å². The second-order valence-electron chi connectivity index (χ2n) is 5.47. The van der Waals surface area contributed by atoms with E-state index in [2.05, 4.69) is 4.98 Å². The van der Waals surface area contributed by atoms with Crippen LogP contribution < -0.4 is 5.73 Å². The van der Waals surface area contributed by atoms with Gasteiger partial charge >= 0.3 is 0 Å². The van der Waals surface area contributed by atoms with Crippen molar-refractivity contribution >= 4 is 29.7 Å². The van der Waals surface area contributed by atoms with Gasteiger partial charge in [0.1, 0.15) is 4.88 Å². The highest BCUT2D eigenvalue weighted by atomic mass is 35.5. The van der Waals surface area contributed by atoms with Crippen molar-refractivity contribution in [3.63, 3.8) is 0 Å². The molecule has 2 N–H and O–H groups in total. The summed E-state index contributed by atoms with van der Waals surface area (Å²) in [5, 5.41) is 0.951. The van der Waals surface area contributed by atoms with Gasteiger partial charge in [-0.05, 0) is 31.6 Å². The van der Waals surface area contributed by atoms with Crippen molar-refractivity contribution in [3.05, 3.63) is 16.1 Å². The Balaban J connectivity index is 0.00000133. The third kappa shape index (κ3) is 2.78. The van der Waals surface area contributed by atoms with Crippen molar-refractivity contribution in [2.45, 2.75) is 32.2 Å². The minimum Gasteiger partial charge on any atom is -0.337 e. The minimum absolute atomic E-state index is 0. The van der Waals surface area contributed by atoms with Gasteiger partial charge in [-0.25, -0.2) is 4.98 Å². The zero-order valence-electron chi connectivity index (χ0n) is 11.0. The molecule has 2 heterocycles. The molecular formula is C13H20ClN3OS. The second-order valence-corrected chi connectivity index (χ2v) is 6.71. The van der Waals surface area contributed by atoms with E-state index in [1.165, 1.54) is 24.2 Å². The number of aryl methyl sites for hydroxylation is 1. The number of fused-ring (bicyclic) bond motifs is 1. The van der Waals surface area contributed by atoms with Gasteiger partial charge in [0.25, 0.3) is 5.91 Å². The first-order valence-corrected chi connectivity index (χ1v) is 7.44. The summed E-state index contributed by atoms with van der Waals surface area (Å²) < 4.78 is 0. The molecule has 1 aliphatic carbocycles. The van der Waals surface area contributed by atoms with Crippen LogP contribution in [0.3, 0.4) is 0 Å². The lowest BCUT2D eigenvalue weighted by molar-refractivity contribution is 0.0788. The summed E-state index contributed by atoms with van der Waals surface area (Å²) in [5.41, 5.74) is 6.18. The number of carbonyl (C=O) groups excluding carboxylic acids is 1. The van der Waals surface area contributed by atoms with Crippen molar-refractivity contribution in [2.24, 2.45) is 17.6 Å². The molecule has 19 heavy (non-hydrogen) atoms. The molecule has 3 rings (SSSR count). The standard InChI is InChI=1S/C13H19N3OS.ClH/c1-8-15-5-12(18-8)13(17)16-6-9-3-2-4-11(14)10(9)7-16;/h5,9-11H,2-4,6-7,14H2,1H3;1H. The Kier molecular flexibility index (Phi) is 4.48. The van der Waals surface area contributed by atoms with E-state index in [1.54, 1.807) is 6.20 Å². The van der Waals surface area contributed by atoms with Gasteiger partial charge in [0, 0.05) is 19.1 Å². The monoisotopic (exact) mass is 301 g/mol. The second kappa shape index (κ2) is 5.77. The summed E-state index contributed by atoms with van der Waals surface area (Å²) in [6.07, 6.45) is 5.25. The molecule has 0 spiro atoms. The number of hydrogen-bond donors (Lipinski definition) is 1. The van der Waals surface area contributed by atoms with E-state index in [0.29, 0.717) is 11.8 Å². The lowest BCUT2D eigenvalue weighted by Crippen LogP contribution is -2.38. The van der Waals surface area contributed by atoms with Gasteiger partial charge in [0.2, 0.25) is 0 Å². The first-order chi connectivity index (χ1) is 8.65. The Hall–Kier alpha value is -0.650. The Morgan fingerprint density at radius 1 is 1.47 bits per heavy atom. The number of nitrogens with zero attached hydrogens (tertiary/aromatic N) is 2. The zero-order valence-corrected chi connectivity index (χ0v) is 12.7. The SMILES string of the molecule is Cc1ncc(C(=O)N2CC3CCCC(N)C3C2)s1.Cl. The number of hydrogen-bond acceptors (Lipinski definition) is 4. The molecule has 1 amide bonds. The normalized spacial score (nSPS) is 29.8. The third-order valence-electron chi connectivity index (χ3n) is 4.27. The van der Waals surface area contributed by atoms with Gasteiger partial charge in [0.05, 0.1) is 11.2 Å². The minimum atomic E-state index is 0. The van der Waals surface area contributed by atoms with Crippen molar-refractivity contribution in [1.82, 2.24) is 9.88 Å². The van der Waals surface area contributed by atoms with Gasteiger partial charge in [-0.1, -0.05) is 6.42 Å². The highest BCUT2D eigenvalue weighted by molar-refractivity contribution is 7.13. The lowest BCUT2D eigenvalue weighted by Gasteiger charge is -2.29. The van der Waals surface area contributed by atoms with Crippen LogP contribution >= 0.6 is 23.7 Å². The van der Waals surface area contributed by atoms with E-state index >= 15 is 0 Å². The highest BCUT2D eigenvalue weighted by Crippen LogP contribution is 2.36. The van der Waals surface area contributed by atoms with Crippen LogP contribution in [0.1, 0.15) is 33.9 Å². The van der Waals surface area contributed by atoms with E-state index in [4.69, 9.17) is 5.73 Å². The van der Waals surface area contributed by atoms with E-state index in [1.807, 2.05) is 11.8 Å². The quantitative estimate of drug-likeness (QED) is 0.864. The molecule has 6 heteroatoms. The molecule has 0 bridgehead atoms. The van der Waals surface area contributed by atoms with E-state index in [0.717, 1.165) is 29.4 Å². The Bertz CT molecular complexity index is 464. The largest absolute Gasteiger partial charge is 0.337 e. The van der Waals surface area contributed by atoms with E-state index in [-0.39, 0.29) is 24.4 Å². The summed E-state index contributed by atoms with van der Waals surface area (Å²) in [6, 6.07) is 0.282. The molecule has 1 saturated carbocycles. The first-order valence-electron chi connectivity index (χ1n) is 6.62. The van der Waals surface area contributed by atoms with E-state index in [9.17, 15) is 4.79 Å². The maximum absolute atomic E-state index is 12.4. The van der Waals surface area contributed by atoms with Crippen molar-refractivity contribution in [1.29, 1.82) is 0 Å². The Labute approximate surface area is 123 Å². The molecule has 1 aromatic heterocycles. The molecule has 3 atom stereocenters. The summed E-state index contributed by atoms with van der Waals surface area (Å²) in [5.74, 6) is 1.27. The maximum Gasteiger partial charge on any atom is 0.265 e. The van der Waals surface area contributed by atoms with Crippen molar-refractivity contribution in [3.8, 4) is 0 Å². The molecular weight excluding hydrogens is 282 g/mol. The van der Waals surface area contributed by atoms with Crippen LogP contribution in [0.4, 0.5) is 0 Å². The molecule has 2 aliphatic rings. The van der Waals surface area contributed by atoms with Gasteiger partial charge in [-0.2, -0.15) is 0 Å². The lowest BCUT2D eigenvalue weighted by atomic mass is 9.78. The van der Waals surface area contributed by atoms with Gasteiger partial charge in [-0.3, -0.25) is 4.79 Å². The molecule has 2 fully saturated rings. The van der Waals surface area contributed by atoms with Gasteiger partial charge < -0.3 is 10.6 Å². The average Bonchev–Trinajstić information content (AvgIpc) is 2.95. The van der Waals surface area contributed by atoms with E-state index < -0.39 is 0 Å². The molecule has 1 aliphatic heterocycles. The molecule has 4 nitrogen and oxygen atoms in total. The number of thiazole rings is 1. The van der Waals surface area contributed by atoms with Crippen LogP contribution in [-0.4, -0.2) is 34.9 Å². The Morgan fingerprint density at radius 2 is 2.26 bits per heavy atom. The molecule has 0 aromatic carbocycles.